The lowest BCUT2D eigenvalue weighted by molar-refractivity contribution is -0.142. The minimum absolute atomic E-state index is 0.267. The lowest BCUT2D eigenvalue weighted by atomic mass is 10.1. The average Bonchev–Trinajstić information content (AvgIpc) is 2.20. The van der Waals surface area contributed by atoms with Crippen LogP contribution in [0.25, 0.3) is 0 Å². The van der Waals surface area contributed by atoms with E-state index in [1.807, 2.05) is 0 Å². The maximum Gasteiger partial charge on any atom is 0.326 e. The van der Waals surface area contributed by atoms with E-state index in [1.54, 1.807) is 0 Å². The first-order valence-corrected chi connectivity index (χ1v) is 5.04. The van der Waals surface area contributed by atoms with Crippen LogP contribution < -0.4 is 16.8 Å². The zero-order chi connectivity index (χ0) is 11.7. The van der Waals surface area contributed by atoms with E-state index in [0.717, 1.165) is 0 Å². The maximum absolute atomic E-state index is 11.2. The van der Waals surface area contributed by atoms with Crippen LogP contribution in [-0.2, 0) is 9.59 Å². The summed E-state index contributed by atoms with van der Waals surface area (Å²) in [6, 6.07) is -0.834. The molecule has 0 fully saturated rings. The molecule has 88 valence electrons. The molecule has 0 bridgehead atoms. The first-order valence-electron chi connectivity index (χ1n) is 5.04. The van der Waals surface area contributed by atoms with Gasteiger partial charge in [-0.15, -0.1) is 0 Å². The Hall–Kier alpha value is -1.14. The van der Waals surface area contributed by atoms with Crippen molar-refractivity contribution < 1.29 is 14.7 Å². The molecule has 0 unspecified atom stereocenters. The number of carboxylic acids is 1. The summed E-state index contributed by atoms with van der Waals surface area (Å²) < 4.78 is 0. The Labute approximate surface area is 89.0 Å². The number of aliphatic carboxylic acids is 1. The van der Waals surface area contributed by atoms with Gasteiger partial charge in [-0.25, -0.2) is 4.79 Å². The third kappa shape index (κ3) is 6.87. The highest BCUT2D eigenvalue weighted by atomic mass is 16.4. The van der Waals surface area contributed by atoms with Crippen LogP contribution in [0, 0.1) is 0 Å². The van der Waals surface area contributed by atoms with Gasteiger partial charge in [0, 0.05) is 6.42 Å². The third-order valence-corrected chi connectivity index (χ3v) is 1.94. The highest BCUT2D eigenvalue weighted by molar-refractivity contribution is 5.83. The molecular formula is C9H19N3O3. The Morgan fingerprint density at radius 1 is 1.20 bits per heavy atom. The zero-order valence-electron chi connectivity index (χ0n) is 8.74. The number of nitrogens with one attached hydrogen (secondary N) is 1. The molecule has 0 aliphatic rings. The molecule has 0 aromatic heterocycles. The van der Waals surface area contributed by atoms with Gasteiger partial charge in [0.1, 0.15) is 6.04 Å². The molecule has 0 radical (unpaired) electrons. The third-order valence-electron chi connectivity index (χ3n) is 1.94. The number of hydrogen-bond acceptors (Lipinski definition) is 4. The minimum atomic E-state index is -1.02. The molecule has 0 aromatic carbocycles. The molecule has 0 aliphatic carbocycles. The SMILES string of the molecule is NCCCC(=O)N[C@@H](CCCN)C(=O)O. The van der Waals surface area contributed by atoms with E-state index in [-0.39, 0.29) is 12.3 Å². The molecule has 0 saturated heterocycles. The number of carbonyl (C=O) groups is 2. The Morgan fingerprint density at radius 3 is 2.27 bits per heavy atom. The Kier molecular flexibility index (Phi) is 7.57. The summed E-state index contributed by atoms with van der Waals surface area (Å²) in [7, 11) is 0. The summed E-state index contributed by atoms with van der Waals surface area (Å²) in [6.45, 7) is 0.844. The molecule has 0 heterocycles. The van der Waals surface area contributed by atoms with Gasteiger partial charge >= 0.3 is 5.97 Å². The number of nitrogens with two attached hydrogens (primary N) is 2. The summed E-state index contributed by atoms with van der Waals surface area (Å²) in [4.78, 5) is 22.0. The Balaban J connectivity index is 3.93. The van der Waals surface area contributed by atoms with E-state index < -0.39 is 12.0 Å². The van der Waals surface area contributed by atoms with Crippen LogP contribution >= 0.6 is 0 Å². The van der Waals surface area contributed by atoms with Gasteiger partial charge in [0.15, 0.2) is 0 Å². The molecule has 0 spiro atoms. The van der Waals surface area contributed by atoms with Crippen LogP contribution in [0.15, 0.2) is 0 Å². The fraction of sp³-hybridized carbons (Fsp3) is 0.778. The molecule has 0 saturated carbocycles. The fourth-order valence-electron chi connectivity index (χ4n) is 1.11. The van der Waals surface area contributed by atoms with E-state index in [9.17, 15) is 9.59 Å². The van der Waals surface area contributed by atoms with Crippen LogP contribution in [0.4, 0.5) is 0 Å². The van der Waals surface area contributed by atoms with Crippen molar-refractivity contribution in [1.29, 1.82) is 0 Å². The molecular weight excluding hydrogens is 198 g/mol. The van der Waals surface area contributed by atoms with Crippen molar-refractivity contribution in [3.63, 3.8) is 0 Å². The second-order valence-corrected chi connectivity index (χ2v) is 3.28. The number of carboxylic acid groups (broad SMARTS) is 1. The van der Waals surface area contributed by atoms with E-state index in [4.69, 9.17) is 16.6 Å². The van der Waals surface area contributed by atoms with Crippen molar-refractivity contribution in [3.8, 4) is 0 Å². The molecule has 15 heavy (non-hydrogen) atoms. The second-order valence-electron chi connectivity index (χ2n) is 3.28. The average molecular weight is 217 g/mol. The van der Waals surface area contributed by atoms with Crippen LogP contribution in [0.3, 0.4) is 0 Å². The van der Waals surface area contributed by atoms with Crippen molar-refractivity contribution >= 4 is 11.9 Å². The monoisotopic (exact) mass is 217 g/mol. The molecule has 1 atom stereocenters. The van der Waals surface area contributed by atoms with Gasteiger partial charge in [-0.3, -0.25) is 4.79 Å². The van der Waals surface area contributed by atoms with Gasteiger partial charge in [-0.1, -0.05) is 0 Å². The predicted octanol–water partition coefficient (Wildman–Crippen LogP) is -0.966. The maximum atomic E-state index is 11.2. The van der Waals surface area contributed by atoms with Gasteiger partial charge in [0.2, 0.25) is 5.91 Å². The Morgan fingerprint density at radius 2 is 1.80 bits per heavy atom. The molecule has 0 aliphatic heterocycles. The lowest BCUT2D eigenvalue weighted by Crippen LogP contribution is -2.41. The standard InChI is InChI=1S/C9H19N3O3/c10-5-1-3-7(9(14)15)12-8(13)4-2-6-11/h7H,1-6,10-11H2,(H,12,13)(H,14,15)/t7-/m0/s1. The van der Waals surface area contributed by atoms with Crippen molar-refractivity contribution in [2.45, 2.75) is 31.7 Å². The Bertz CT molecular complexity index is 209. The van der Waals surface area contributed by atoms with Crippen LogP contribution in [0.1, 0.15) is 25.7 Å². The van der Waals surface area contributed by atoms with Gasteiger partial charge in [0.05, 0.1) is 0 Å². The first kappa shape index (κ1) is 13.9. The predicted molar refractivity (Wildman–Crippen MR) is 56.1 cm³/mol. The van der Waals surface area contributed by atoms with E-state index >= 15 is 0 Å². The van der Waals surface area contributed by atoms with Crippen molar-refractivity contribution in [2.75, 3.05) is 13.1 Å². The highest BCUT2D eigenvalue weighted by Gasteiger charge is 2.18. The molecule has 6 heteroatoms. The first-order chi connectivity index (χ1) is 7.11. The molecule has 6 nitrogen and oxygen atoms in total. The van der Waals surface area contributed by atoms with Gasteiger partial charge in [0.25, 0.3) is 0 Å². The van der Waals surface area contributed by atoms with Gasteiger partial charge < -0.3 is 21.9 Å². The molecule has 0 rings (SSSR count). The van der Waals surface area contributed by atoms with Crippen LogP contribution in [0.5, 0.6) is 0 Å². The van der Waals surface area contributed by atoms with Gasteiger partial charge in [-0.2, -0.15) is 0 Å². The number of carbonyl (C=O) groups excluding carboxylic acids is 1. The molecule has 6 N–H and O–H groups in total. The second kappa shape index (κ2) is 8.19. The van der Waals surface area contributed by atoms with E-state index in [0.29, 0.717) is 32.4 Å². The zero-order valence-corrected chi connectivity index (χ0v) is 8.74. The van der Waals surface area contributed by atoms with E-state index in [2.05, 4.69) is 5.32 Å². The normalized spacial score (nSPS) is 12.1. The highest BCUT2D eigenvalue weighted by Crippen LogP contribution is 1.98. The smallest absolute Gasteiger partial charge is 0.326 e. The number of hydrogen-bond donors (Lipinski definition) is 4. The topological polar surface area (TPSA) is 118 Å². The largest absolute Gasteiger partial charge is 0.480 e. The lowest BCUT2D eigenvalue weighted by Gasteiger charge is -2.13. The van der Waals surface area contributed by atoms with Crippen molar-refractivity contribution in [3.05, 3.63) is 0 Å². The fourth-order valence-corrected chi connectivity index (χ4v) is 1.11. The minimum Gasteiger partial charge on any atom is -0.480 e. The van der Waals surface area contributed by atoms with E-state index in [1.165, 1.54) is 0 Å². The molecule has 1 amide bonds. The number of rotatable bonds is 8. The van der Waals surface area contributed by atoms with Gasteiger partial charge in [-0.05, 0) is 32.4 Å². The summed E-state index contributed by atoms with van der Waals surface area (Å²) in [6.07, 6.45) is 1.77. The quantitative estimate of drug-likeness (QED) is 0.417. The van der Waals surface area contributed by atoms with Crippen molar-refractivity contribution in [2.24, 2.45) is 11.5 Å². The van der Waals surface area contributed by atoms with Crippen LogP contribution in [-0.4, -0.2) is 36.1 Å². The summed E-state index contributed by atoms with van der Waals surface area (Å²) in [5, 5.41) is 11.2. The van der Waals surface area contributed by atoms with Crippen molar-refractivity contribution in [1.82, 2.24) is 5.32 Å². The summed E-state index contributed by atoms with van der Waals surface area (Å²) >= 11 is 0. The summed E-state index contributed by atoms with van der Waals surface area (Å²) in [5.41, 5.74) is 10.5. The number of amides is 1. The molecule has 0 aromatic rings. The van der Waals surface area contributed by atoms with Crippen LogP contribution in [0.2, 0.25) is 0 Å². The summed E-state index contributed by atoms with van der Waals surface area (Å²) in [5.74, 6) is -1.30.